The quantitative estimate of drug-likeness (QED) is 0.177. The van der Waals surface area contributed by atoms with Crippen molar-refractivity contribution in [2.45, 2.75) is 48.8 Å². The molecule has 0 amide bonds. The predicted octanol–water partition coefficient (Wildman–Crippen LogP) is -5.91. The summed E-state index contributed by atoms with van der Waals surface area (Å²) in [5.41, 5.74) is 2.04. The summed E-state index contributed by atoms with van der Waals surface area (Å²) in [6.45, 7) is -0.470. The fourth-order valence-electron chi connectivity index (χ4n) is 1.84. The van der Waals surface area contributed by atoms with E-state index in [1.165, 1.54) is 0 Å². The van der Waals surface area contributed by atoms with Crippen LogP contribution in [0.3, 0.4) is 0 Å². The maximum absolute atomic E-state index is 10.4. The fraction of sp³-hybridized carbons (Fsp3) is 0.750. The number of carboxylic acid groups (broad SMARTS) is 3. The molecule has 0 saturated carbocycles. The van der Waals surface area contributed by atoms with E-state index >= 15 is 0 Å². The van der Waals surface area contributed by atoms with Crippen molar-refractivity contribution in [1.82, 2.24) is 0 Å². The summed E-state index contributed by atoms with van der Waals surface area (Å²) in [6, 6.07) is -1.04. The second-order valence-corrected chi connectivity index (χ2v) is 5.35. The van der Waals surface area contributed by atoms with Crippen LogP contribution in [0, 0.1) is 0 Å². The van der Waals surface area contributed by atoms with Crippen molar-refractivity contribution >= 4 is 55.6 Å². The molecule has 1 rings (SSSR count). The van der Waals surface area contributed by atoms with Crippen LogP contribution >= 0.6 is 0 Å². The Labute approximate surface area is 181 Å². The van der Waals surface area contributed by atoms with Gasteiger partial charge in [0, 0.05) is 0 Å². The first-order valence-electron chi connectivity index (χ1n) is 6.94. The number of nitrogens with two attached hydrogens (primary N) is 1. The van der Waals surface area contributed by atoms with Crippen molar-refractivity contribution in [2.75, 3.05) is 6.61 Å². The molecule has 1 heterocycles. The van der Waals surface area contributed by atoms with Crippen molar-refractivity contribution in [1.29, 1.82) is 0 Å². The Balaban J connectivity index is 0. The van der Waals surface area contributed by atoms with Gasteiger partial charge in [0.15, 0.2) is 12.4 Å². The molecule has 1 aliphatic heterocycles. The van der Waals surface area contributed by atoms with E-state index in [1.807, 2.05) is 0 Å². The third-order valence-electron chi connectivity index (χ3n) is 3.43. The van der Waals surface area contributed by atoms with Gasteiger partial charge >= 0.3 is 55.6 Å². The van der Waals surface area contributed by atoms with Crippen molar-refractivity contribution in [3.8, 4) is 0 Å². The van der Waals surface area contributed by atoms with Gasteiger partial charge < -0.3 is 56.4 Å². The molecular formula is C12H21CaNO13+2. The van der Waals surface area contributed by atoms with Crippen LogP contribution in [-0.4, -0.2) is 151 Å². The third kappa shape index (κ3) is 7.71. The van der Waals surface area contributed by atoms with Crippen LogP contribution in [0.25, 0.3) is 0 Å². The van der Waals surface area contributed by atoms with Crippen LogP contribution < -0.4 is 5.73 Å². The average molecular weight is 427 g/mol. The maximum Gasteiger partial charge on any atom is 2.00 e. The molecule has 0 aromatic carbocycles. The number of ether oxygens (including phenoxy) is 1. The Morgan fingerprint density at radius 3 is 1.89 bits per heavy atom. The molecule has 0 aromatic heterocycles. The molecule has 1 saturated heterocycles. The fourth-order valence-corrected chi connectivity index (χ4v) is 1.84. The van der Waals surface area contributed by atoms with Crippen LogP contribution in [-0.2, 0) is 19.1 Å². The van der Waals surface area contributed by atoms with Crippen molar-refractivity contribution < 1.29 is 65.1 Å². The first-order chi connectivity index (χ1) is 11.8. The molecule has 152 valence electrons. The Morgan fingerprint density at radius 2 is 1.56 bits per heavy atom. The first-order valence-corrected chi connectivity index (χ1v) is 6.94. The Hall–Kier alpha value is -0.650. The zero-order valence-corrected chi connectivity index (χ0v) is 16.0. The van der Waals surface area contributed by atoms with E-state index in [4.69, 9.17) is 46.2 Å². The number of hydrogen-bond acceptors (Lipinski definition) is 11. The van der Waals surface area contributed by atoms with Crippen molar-refractivity contribution in [2.24, 2.45) is 5.73 Å². The summed E-state index contributed by atoms with van der Waals surface area (Å²) in [5, 5.41) is 78.7. The van der Waals surface area contributed by atoms with Crippen LogP contribution in [0.1, 0.15) is 6.42 Å². The second-order valence-electron chi connectivity index (χ2n) is 5.35. The van der Waals surface area contributed by atoms with Crippen LogP contribution in [0.15, 0.2) is 0 Å². The van der Waals surface area contributed by atoms with Gasteiger partial charge in [-0.2, -0.15) is 0 Å². The molecule has 0 bridgehead atoms. The van der Waals surface area contributed by atoms with Crippen LogP contribution in [0.2, 0.25) is 0 Å². The van der Waals surface area contributed by atoms with Crippen LogP contribution in [0.4, 0.5) is 0 Å². The number of hydrogen-bond donors (Lipinski definition) is 10. The maximum atomic E-state index is 10.4. The molecule has 27 heavy (non-hydrogen) atoms. The monoisotopic (exact) mass is 427 g/mol. The minimum absolute atomic E-state index is 0. The summed E-state index contributed by atoms with van der Waals surface area (Å²) in [6.07, 6.45) is -8.96. The zero-order valence-electron chi connectivity index (χ0n) is 13.8. The van der Waals surface area contributed by atoms with Gasteiger partial charge in [0.25, 0.3) is 0 Å². The normalized spacial score (nSPS) is 30.6. The van der Waals surface area contributed by atoms with E-state index in [1.54, 1.807) is 0 Å². The van der Waals surface area contributed by atoms with Gasteiger partial charge in [-0.15, -0.1) is 0 Å². The van der Waals surface area contributed by atoms with E-state index in [9.17, 15) is 24.6 Å². The molecule has 2 unspecified atom stereocenters. The van der Waals surface area contributed by atoms with E-state index in [0.29, 0.717) is 0 Å². The average Bonchev–Trinajstić information content (AvgIpc) is 2.55. The van der Waals surface area contributed by atoms with E-state index in [-0.39, 0.29) is 37.7 Å². The summed E-state index contributed by atoms with van der Waals surface area (Å²) in [5.74, 6) is -5.87. The van der Waals surface area contributed by atoms with Gasteiger partial charge in [-0.3, -0.25) is 4.79 Å². The van der Waals surface area contributed by atoms with Gasteiger partial charge in [-0.25, -0.2) is 9.59 Å². The van der Waals surface area contributed by atoms with Gasteiger partial charge in [0.2, 0.25) is 5.60 Å². The molecular weight excluding hydrogens is 406 g/mol. The van der Waals surface area contributed by atoms with Crippen molar-refractivity contribution in [3.63, 3.8) is 0 Å². The number of aliphatic hydroxyl groups excluding tert-OH is 5. The summed E-state index contributed by atoms with van der Waals surface area (Å²) < 4.78 is 4.70. The topological polar surface area (TPSA) is 269 Å². The Morgan fingerprint density at radius 1 is 1.07 bits per heavy atom. The second kappa shape index (κ2) is 12.0. The zero-order chi connectivity index (χ0) is 20.8. The number of carbonyl (C=O) groups is 3. The summed E-state index contributed by atoms with van der Waals surface area (Å²) in [4.78, 5) is 30.7. The Bertz CT molecular complexity index is 515. The standard InChI is InChI=1S/C6H13NO5.C6H8O8.Ca/c7-3-5(10)4(9)2(1-8)12-6(3)11;7-2(8)1-6(14,5(12)13)3(9)4(10)11;/h2-6,8-11H,1,7H2;3,9,14H,1H2,(H,7,8)(H,10,11)(H,12,13);/q;;+2/t2-,3-,4-,5-,6-;;/m1../s1. The minimum Gasteiger partial charge on any atom is -0.481 e. The van der Waals surface area contributed by atoms with Gasteiger partial charge in [-0.05, 0) is 0 Å². The van der Waals surface area contributed by atoms with Crippen LogP contribution in [0.5, 0.6) is 0 Å². The molecule has 0 spiro atoms. The number of aliphatic hydroxyl groups is 6. The number of rotatable bonds is 6. The molecule has 7 atom stereocenters. The summed E-state index contributed by atoms with van der Waals surface area (Å²) in [7, 11) is 0. The smallest absolute Gasteiger partial charge is 0.481 e. The van der Waals surface area contributed by atoms with Gasteiger partial charge in [-0.1, -0.05) is 0 Å². The van der Waals surface area contributed by atoms with E-state index in [2.05, 4.69) is 0 Å². The van der Waals surface area contributed by atoms with E-state index in [0.717, 1.165) is 0 Å². The molecule has 0 aliphatic carbocycles. The number of carboxylic acids is 3. The molecule has 0 radical (unpaired) electrons. The van der Waals surface area contributed by atoms with Crippen molar-refractivity contribution in [3.05, 3.63) is 0 Å². The molecule has 15 heteroatoms. The van der Waals surface area contributed by atoms with Gasteiger partial charge in [0.05, 0.1) is 19.1 Å². The molecule has 1 fully saturated rings. The molecule has 1 aliphatic rings. The Kier molecular flexibility index (Phi) is 12.7. The van der Waals surface area contributed by atoms with E-state index < -0.39 is 73.3 Å². The minimum atomic E-state index is -3.22. The summed E-state index contributed by atoms with van der Waals surface area (Å²) >= 11 is 0. The third-order valence-corrected chi connectivity index (χ3v) is 3.43. The predicted molar refractivity (Wildman–Crippen MR) is 82.2 cm³/mol. The largest absolute Gasteiger partial charge is 2.00 e. The number of aliphatic carboxylic acids is 3. The molecule has 14 nitrogen and oxygen atoms in total. The molecule has 0 aromatic rings. The SMILES string of the molecule is N[C@@H]1[C@@H](O)[C@H](O)[C@@H](CO)O[C@H]1O.O=C(O)CC(O)(C(=O)O)C(O)C(=O)O.[Ca+2]. The molecule has 11 N–H and O–H groups in total. The first kappa shape index (κ1) is 28.6. The van der Waals surface area contributed by atoms with Gasteiger partial charge in [0.1, 0.15) is 18.3 Å².